The highest BCUT2D eigenvalue weighted by Crippen LogP contribution is 2.64. The van der Waals surface area contributed by atoms with Crippen molar-refractivity contribution in [1.29, 1.82) is 0 Å². The van der Waals surface area contributed by atoms with Gasteiger partial charge in [-0.25, -0.2) is 9.29 Å². The minimum atomic E-state index is -1.39. The first-order valence-corrected chi connectivity index (χ1v) is 15.7. The number of fused-ring (bicyclic) bond motifs is 4. The van der Waals surface area contributed by atoms with Crippen LogP contribution in [0.25, 0.3) is 0 Å². The lowest BCUT2D eigenvalue weighted by atomic mass is 9.51. The molecular formula is C34H34ClFN2O8. The number of unbranched alkanes of at least 4 members (excludes halogenated alkanes) is 2. The van der Waals surface area contributed by atoms with Crippen molar-refractivity contribution in [1.82, 2.24) is 4.90 Å². The topological polar surface area (TPSA) is 142 Å². The zero-order valence-corrected chi connectivity index (χ0v) is 26.1. The molecule has 0 aromatic heterocycles. The van der Waals surface area contributed by atoms with Gasteiger partial charge in [0.15, 0.2) is 0 Å². The van der Waals surface area contributed by atoms with Gasteiger partial charge in [-0.05, 0) is 62.8 Å². The largest absolute Gasteiger partial charge is 0.508 e. The van der Waals surface area contributed by atoms with E-state index >= 15 is 0 Å². The van der Waals surface area contributed by atoms with Gasteiger partial charge in [0.05, 0.1) is 41.0 Å². The fraction of sp³-hybridized carbons (Fsp3) is 0.441. The summed E-state index contributed by atoms with van der Waals surface area (Å²) in [6.45, 7) is 1.86. The number of ether oxygens (including phenoxy) is 1. The third-order valence-corrected chi connectivity index (χ3v) is 10.6. The summed E-state index contributed by atoms with van der Waals surface area (Å²) in [6.07, 6.45) is 3.73. The first-order chi connectivity index (χ1) is 21.9. The smallest absolute Gasteiger partial charge is 0.303 e. The molecule has 0 radical (unpaired) electrons. The maximum Gasteiger partial charge on any atom is 0.303 e. The third-order valence-electron chi connectivity index (χ3n) is 10.3. The average Bonchev–Trinajstić information content (AvgIpc) is 3.38. The fourth-order valence-corrected chi connectivity index (χ4v) is 8.31. The molecule has 0 bridgehead atoms. The number of likely N-dealkylation sites (tertiary alicyclic amines) is 1. The second-order valence-electron chi connectivity index (χ2n) is 12.7. The minimum absolute atomic E-state index is 0.0101. The number of hydrogen-bond donors (Lipinski definition) is 2. The molecule has 12 heteroatoms. The van der Waals surface area contributed by atoms with Crippen LogP contribution in [0, 0.1) is 34.9 Å². The summed E-state index contributed by atoms with van der Waals surface area (Å²) in [4.78, 5) is 69.3. The van der Waals surface area contributed by atoms with E-state index in [0.717, 1.165) is 11.0 Å². The number of aromatic hydroxyl groups is 1. The first-order valence-electron chi connectivity index (χ1n) is 15.4. The Labute approximate surface area is 269 Å². The number of carbonyl (C=O) groups is 5. The fourth-order valence-electron chi connectivity index (χ4n) is 8.13. The van der Waals surface area contributed by atoms with Crippen LogP contribution in [0.1, 0.15) is 56.9 Å². The predicted molar refractivity (Wildman–Crippen MR) is 164 cm³/mol. The van der Waals surface area contributed by atoms with Crippen molar-refractivity contribution >= 4 is 46.9 Å². The van der Waals surface area contributed by atoms with Crippen LogP contribution in [0.2, 0.25) is 5.02 Å². The number of carboxylic acids is 1. The maximum atomic E-state index is 14.4. The van der Waals surface area contributed by atoms with Crippen molar-refractivity contribution in [2.45, 2.75) is 51.4 Å². The highest BCUT2D eigenvalue weighted by atomic mass is 35.5. The lowest BCUT2D eigenvalue weighted by Crippen LogP contribution is -2.48. The van der Waals surface area contributed by atoms with Crippen molar-refractivity contribution in [2.24, 2.45) is 29.1 Å². The quantitative estimate of drug-likeness (QED) is 0.217. The van der Waals surface area contributed by atoms with E-state index in [2.05, 4.69) is 0 Å². The highest BCUT2D eigenvalue weighted by molar-refractivity contribution is 6.31. The number of methoxy groups -OCH3 is 1. The Morgan fingerprint density at radius 2 is 1.80 bits per heavy atom. The van der Waals surface area contributed by atoms with Crippen LogP contribution in [0.15, 0.2) is 48.0 Å². The molecule has 2 aliphatic heterocycles. The molecule has 6 atom stereocenters. The van der Waals surface area contributed by atoms with Gasteiger partial charge >= 0.3 is 5.97 Å². The number of imide groups is 2. The van der Waals surface area contributed by atoms with Crippen LogP contribution in [0.4, 0.5) is 10.1 Å². The molecule has 6 rings (SSSR count). The molecule has 3 fully saturated rings. The van der Waals surface area contributed by atoms with Crippen LogP contribution >= 0.6 is 11.6 Å². The van der Waals surface area contributed by atoms with E-state index in [9.17, 15) is 33.5 Å². The molecule has 2 aliphatic carbocycles. The van der Waals surface area contributed by atoms with Gasteiger partial charge in [-0.1, -0.05) is 35.7 Å². The minimum Gasteiger partial charge on any atom is -0.508 e. The van der Waals surface area contributed by atoms with E-state index in [1.165, 1.54) is 30.2 Å². The third kappa shape index (κ3) is 4.87. The van der Waals surface area contributed by atoms with Gasteiger partial charge in [-0.15, -0.1) is 0 Å². The Hall–Kier alpha value is -4.25. The molecule has 46 heavy (non-hydrogen) atoms. The number of amides is 4. The molecule has 2 saturated heterocycles. The standard InChI is InChI=1S/C34H34ClFN2O8/c1-34-23(31(43)38(33(34)45)17-7-12-25(36)24(35)14-17)16-22-19(29(34)20-9-8-18(46-2)15-26(20)39)10-11-21-28(22)32(44)37(30(21)42)13-5-3-4-6-27(40)41/h7-10,12,14-15,21-23,28-29,39H,3-6,11,13,16H2,1-2H3,(H,40,41). The number of phenols is 1. The molecule has 1 saturated carbocycles. The molecule has 0 spiro atoms. The van der Waals surface area contributed by atoms with Crippen molar-refractivity contribution in [3.05, 3.63) is 64.5 Å². The van der Waals surface area contributed by atoms with E-state index in [-0.39, 0.29) is 54.1 Å². The number of hydrogen-bond acceptors (Lipinski definition) is 7. The number of halogens is 2. The summed E-state index contributed by atoms with van der Waals surface area (Å²) in [6, 6.07) is 8.35. The lowest BCUT2D eigenvalue weighted by Gasteiger charge is -2.49. The first kappa shape index (κ1) is 31.7. The Morgan fingerprint density at radius 1 is 1.04 bits per heavy atom. The van der Waals surface area contributed by atoms with Gasteiger partial charge in [0.25, 0.3) is 0 Å². The number of allylic oxidation sites excluding steroid dienone is 2. The molecule has 4 aliphatic rings. The Bertz CT molecular complexity index is 1690. The van der Waals surface area contributed by atoms with Crippen molar-refractivity contribution < 1.29 is 43.3 Å². The Kier molecular flexibility index (Phi) is 8.16. The van der Waals surface area contributed by atoms with E-state index in [1.807, 2.05) is 6.08 Å². The summed E-state index contributed by atoms with van der Waals surface area (Å²) < 4.78 is 19.3. The van der Waals surface area contributed by atoms with Gasteiger partial charge < -0.3 is 14.9 Å². The van der Waals surface area contributed by atoms with Crippen LogP contribution < -0.4 is 9.64 Å². The maximum absolute atomic E-state index is 14.4. The van der Waals surface area contributed by atoms with E-state index in [1.54, 1.807) is 19.1 Å². The monoisotopic (exact) mass is 652 g/mol. The van der Waals surface area contributed by atoms with Gasteiger partial charge in [-0.2, -0.15) is 0 Å². The van der Waals surface area contributed by atoms with E-state index in [0.29, 0.717) is 36.1 Å². The van der Waals surface area contributed by atoms with Crippen molar-refractivity contribution in [3.8, 4) is 11.5 Å². The number of rotatable bonds is 9. The number of carbonyl (C=O) groups excluding carboxylic acids is 4. The molecule has 2 N–H and O–H groups in total. The molecule has 4 amide bonds. The summed E-state index contributed by atoms with van der Waals surface area (Å²) in [5.41, 5.74) is -0.181. The number of phenolic OH excluding ortho intramolecular Hbond substituents is 1. The van der Waals surface area contributed by atoms with Gasteiger partial charge in [0.2, 0.25) is 23.6 Å². The lowest BCUT2D eigenvalue weighted by molar-refractivity contribution is -0.141. The van der Waals surface area contributed by atoms with Crippen LogP contribution in [-0.4, -0.2) is 58.4 Å². The molecule has 2 aromatic carbocycles. The van der Waals surface area contributed by atoms with Crippen LogP contribution in [0.5, 0.6) is 11.5 Å². The number of anilines is 1. The summed E-state index contributed by atoms with van der Waals surface area (Å²) in [5, 5.41) is 19.9. The number of aliphatic carboxylic acids is 1. The molecule has 6 unspecified atom stereocenters. The van der Waals surface area contributed by atoms with Gasteiger partial charge in [0.1, 0.15) is 17.3 Å². The predicted octanol–water partition coefficient (Wildman–Crippen LogP) is 5.07. The zero-order chi connectivity index (χ0) is 33.1. The van der Waals surface area contributed by atoms with Crippen LogP contribution in [0.3, 0.4) is 0 Å². The summed E-state index contributed by atoms with van der Waals surface area (Å²) in [7, 11) is 1.46. The van der Waals surface area contributed by atoms with Crippen molar-refractivity contribution in [3.63, 3.8) is 0 Å². The second-order valence-corrected chi connectivity index (χ2v) is 13.1. The average molecular weight is 653 g/mol. The molecule has 10 nitrogen and oxygen atoms in total. The molecule has 242 valence electrons. The van der Waals surface area contributed by atoms with E-state index in [4.69, 9.17) is 21.4 Å². The van der Waals surface area contributed by atoms with Gasteiger partial charge in [0, 0.05) is 30.5 Å². The van der Waals surface area contributed by atoms with E-state index < -0.39 is 58.6 Å². The summed E-state index contributed by atoms with van der Waals surface area (Å²) >= 11 is 6.04. The normalized spacial score (nSPS) is 28.6. The van der Waals surface area contributed by atoms with Crippen LogP contribution in [-0.2, 0) is 24.0 Å². The highest BCUT2D eigenvalue weighted by Gasteiger charge is 2.67. The molecular weight excluding hydrogens is 619 g/mol. The zero-order valence-electron chi connectivity index (χ0n) is 25.4. The number of nitrogens with zero attached hydrogens (tertiary/aromatic N) is 2. The summed E-state index contributed by atoms with van der Waals surface area (Å²) in [5.74, 6) is -6.76. The number of carboxylic acid groups (broad SMARTS) is 1. The molecule has 2 aromatic rings. The second kappa shape index (κ2) is 11.8. The van der Waals surface area contributed by atoms with Crippen molar-refractivity contribution in [2.75, 3.05) is 18.6 Å². The Morgan fingerprint density at radius 3 is 2.48 bits per heavy atom. The number of benzene rings is 2. The Balaban J connectivity index is 1.40. The SMILES string of the molecule is COc1ccc(C2C3=CCC4C(=O)N(CCCCCC(=O)O)C(=O)C4C3CC3C(=O)N(c4ccc(F)c(Cl)c4)C(=O)C32C)c(O)c1. The van der Waals surface area contributed by atoms with Gasteiger partial charge in [-0.3, -0.25) is 28.9 Å². The molecule has 2 heterocycles.